The van der Waals surface area contributed by atoms with Gasteiger partial charge >= 0.3 is 0 Å². The minimum absolute atomic E-state index is 0.0291. The zero-order valence-corrected chi connectivity index (χ0v) is 14.4. The van der Waals surface area contributed by atoms with E-state index in [-0.39, 0.29) is 11.7 Å². The largest absolute Gasteiger partial charge is 0.345 e. The van der Waals surface area contributed by atoms with Crippen molar-refractivity contribution in [3.63, 3.8) is 0 Å². The molecule has 122 valence electrons. The van der Waals surface area contributed by atoms with Gasteiger partial charge in [0.25, 0.3) is 0 Å². The zero-order chi connectivity index (χ0) is 16.5. The second kappa shape index (κ2) is 9.64. The number of nitrogens with one attached hydrogen (secondary N) is 1. The summed E-state index contributed by atoms with van der Waals surface area (Å²) in [7, 11) is 0. The summed E-state index contributed by atoms with van der Waals surface area (Å²) >= 11 is 1.46. The number of hydrogen-bond acceptors (Lipinski definition) is 4. The molecule has 1 aromatic rings. The first-order valence-corrected chi connectivity index (χ1v) is 8.95. The molecule has 0 radical (unpaired) electrons. The molecule has 0 aliphatic heterocycles. The van der Waals surface area contributed by atoms with Crippen LogP contribution >= 0.6 is 11.8 Å². The third-order valence-corrected chi connectivity index (χ3v) is 3.91. The molecule has 0 aromatic heterocycles. The average molecular weight is 322 g/mol. The number of thioether (sulfide) groups is 1. The van der Waals surface area contributed by atoms with E-state index >= 15 is 0 Å². The molecule has 0 saturated carbocycles. The molecule has 0 bridgehead atoms. The summed E-state index contributed by atoms with van der Waals surface area (Å²) in [4.78, 5) is 24.4. The van der Waals surface area contributed by atoms with Crippen LogP contribution in [0.2, 0.25) is 0 Å². The number of Topliss-reactive ketones (excluding diaryl/α,β-unsaturated/α-hetero) is 1. The topological polar surface area (TPSA) is 72.2 Å². The molecular formula is C17H26N2O2S. The molecular weight excluding hydrogens is 296 g/mol. The van der Waals surface area contributed by atoms with Crippen LogP contribution < -0.4 is 11.1 Å². The summed E-state index contributed by atoms with van der Waals surface area (Å²) in [6, 6.07) is 8.62. The van der Waals surface area contributed by atoms with E-state index in [1.165, 1.54) is 11.8 Å². The van der Waals surface area contributed by atoms with Gasteiger partial charge in [-0.05, 0) is 30.6 Å². The van der Waals surface area contributed by atoms with Crippen LogP contribution in [0.1, 0.15) is 25.8 Å². The Labute approximate surface area is 137 Å². The first kappa shape index (κ1) is 18.7. The van der Waals surface area contributed by atoms with Gasteiger partial charge in [-0.3, -0.25) is 9.59 Å². The van der Waals surface area contributed by atoms with Crippen molar-refractivity contribution < 1.29 is 9.59 Å². The van der Waals surface area contributed by atoms with Gasteiger partial charge in [-0.2, -0.15) is 11.8 Å². The summed E-state index contributed by atoms with van der Waals surface area (Å²) in [6.45, 7) is 4.04. The summed E-state index contributed by atoms with van der Waals surface area (Å²) < 4.78 is 0. The highest BCUT2D eigenvalue weighted by Crippen LogP contribution is 2.08. The SMILES string of the molecule is CSCC(=O)[C@H](Cc1ccccc1)NC(=O)[C@@H](N)CC(C)C. The second-order valence-electron chi connectivity index (χ2n) is 5.89. The second-order valence-corrected chi connectivity index (χ2v) is 6.75. The van der Waals surface area contributed by atoms with E-state index < -0.39 is 12.1 Å². The molecule has 0 aliphatic carbocycles. The van der Waals surface area contributed by atoms with Crippen LogP contribution in [0.15, 0.2) is 30.3 Å². The van der Waals surface area contributed by atoms with E-state index in [1.54, 1.807) is 0 Å². The van der Waals surface area contributed by atoms with Crippen LogP contribution in [-0.4, -0.2) is 35.8 Å². The molecule has 0 aliphatic rings. The van der Waals surface area contributed by atoms with Crippen molar-refractivity contribution in [2.75, 3.05) is 12.0 Å². The molecule has 3 N–H and O–H groups in total. The van der Waals surface area contributed by atoms with Crippen molar-refractivity contribution in [3.05, 3.63) is 35.9 Å². The molecule has 5 heteroatoms. The number of carbonyl (C=O) groups is 2. The Morgan fingerprint density at radius 2 is 1.86 bits per heavy atom. The van der Waals surface area contributed by atoms with Gasteiger partial charge in [-0.15, -0.1) is 0 Å². The zero-order valence-electron chi connectivity index (χ0n) is 13.5. The lowest BCUT2D eigenvalue weighted by atomic mass is 10.0. The number of nitrogens with two attached hydrogens (primary N) is 1. The number of hydrogen-bond donors (Lipinski definition) is 2. The fourth-order valence-corrected chi connectivity index (χ4v) is 2.72. The lowest BCUT2D eigenvalue weighted by molar-refractivity contribution is -0.127. The van der Waals surface area contributed by atoms with E-state index in [0.29, 0.717) is 24.5 Å². The normalized spacial score (nSPS) is 13.7. The lowest BCUT2D eigenvalue weighted by Gasteiger charge is -2.21. The van der Waals surface area contributed by atoms with Crippen molar-refractivity contribution in [2.24, 2.45) is 11.7 Å². The Morgan fingerprint density at radius 3 is 2.41 bits per heavy atom. The Hall–Kier alpha value is -1.33. The molecule has 1 rings (SSSR count). The van der Waals surface area contributed by atoms with Gasteiger partial charge in [0, 0.05) is 0 Å². The first-order chi connectivity index (χ1) is 10.4. The minimum atomic E-state index is -0.569. The van der Waals surface area contributed by atoms with Crippen molar-refractivity contribution in [1.29, 1.82) is 0 Å². The number of rotatable bonds is 9. The highest BCUT2D eigenvalue weighted by molar-refractivity contribution is 7.99. The Bertz CT molecular complexity index is 477. The number of ketones is 1. The van der Waals surface area contributed by atoms with E-state index in [2.05, 4.69) is 5.32 Å². The lowest BCUT2D eigenvalue weighted by Crippen LogP contribution is -2.50. The van der Waals surface area contributed by atoms with Crippen LogP contribution in [0, 0.1) is 5.92 Å². The van der Waals surface area contributed by atoms with Gasteiger partial charge in [0.2, 0.25) is 5.91 Å². The minimum Gasteiger partial charge on any atom is -0.345 e. The average Bonchev–Trinajstić information content (AvgIpc) is 2.47. The van der Waals surface area contributed by atoms with Crippen LogP contribution in [0.3, 0.4) is 0 Å². The Kier molecular flexibility index (Phi) is 8.20. The maximum absolute atomic E-state index is 12.3. The number of amides is 1. The van der Waals surface area contributed by atoms with E-state index in [4.69, 9.17) is 5.73 Å². The number of carbonyl (C=O) groups excluding carboxylic acids is 2. The molecule has 22 heavy (non-hydrogen) atoms. The maximum atomic E-state index is 12.3. The van der Waals surface area contributed by atoms with Gasteiger partial charge in [-0.25, -0.2) is 0 Å². The third-order valence-electron chi connectivity index (χ3n) is 3.34. The van der Waals surface area contributed by atoms with Gasteiger partial charge in [0.15, 0.2) is 5.78 Å². The van der Waals surface area contributed by atoms with Crippen LogP contribution in [0.25, 0.3) is 0 Å². The van der Waals surface area contributed by atoms with Crippen molar-refractivity contribution in [2.45, 2.75) is 38.8 Å². The van der Waals surface area contributed by atoms with Crippen LogP contribution in [-0.2, 0) is 16.0 Å². The molecule has 1 amide bonds. The summed E-state index contributed by atoms with van der Waals surface area (Å²) in [5.41, 5.74) is 6.93. The molecule has 0 saturated heterocycles. The molecule has 0 unspecified atom stereocenters. The maximum Gasteiger partial charge on any atom is 0.237 e. The third kappa shape index (κ3) is 6.62. The van der Waals surface area contributed by atoms with Gasteiger partial charge < -0.3 is 11.1 Å². The van der Waals surface area contributed by atoms with Crippen molar-refractivity contribution in [1.82, 2.24) is 5.32 Å². The highest BCUT2D eigenvalue weighted by Gasteiger charge is 2.23. The highest BCUT2D eigenvalue weighted by atomic mass is 32.2. The monoisotopic (exact) mass is 322 g/mol. The molecule has 0 heterocycles. The smallest absolute Gasteiger partial charge is 0.237 e. The summed E-state index contributed by atoms with van der Waals surface area (Å²) in [5.74, 6) is 0.512. The quantitative estimate of drug-likeness (QED) is 0.729. The summed E-state index contributed by atoms with van der Waals surface area (Å²) in [6.07, 6.45) is 2.99. The van der Waals surface area contributed by atoms with Crippen LogP contribution in [0.4, 0.5) is 0 Å². The van der Waals surface area contributed by atoms with E-state index in [9.17, 15) is 9.59 Å². The molecule has 1 aromatic carbocycles. The fourth-order valence-electron chi connectivity index (χ4n) is 2.23. The van der Waals surface area contributed by atoms with Gasteiger partial charge in [0.05, 0.1) is 17.8 Å². The fraction of sp³-hybridized carbons (Fsp3) is 0.529. The van der Waals surface area contributed by atoms with E-state index in [1.807, 2.05) is 50.4 Å². The van der Waals surface area contributed by atoms with E-state index in [0.717, 1.165) is 5.56 Å². The molecule has 0 spiro atoms. The Balaban J connectivity index is 2.73. The predicted octanol–water partition coefficient (Wildman–Crippen LogP) is 2.02. The van der Waals surface area contributed by atoms with Gasteiger partial charge in [-0.1, -0.05) is 44.2 Å². The number of benzene rings is 1. The Morgan fingerprint density at radius 1 is 1.23 bits per heavy atom. The summed E-state index contributed by atoms with van der Waals surface area (Å²) in [5, 5.41) is 2.83. The van der Waals surface area contributed by atoms with Crippen LogP contribution in [0.5, 0.6) is 0 Å². The van der Waals surface area contributed by atoms with Gasteiger partial charge in [0.1, 0.15) is 0 Å². The molecule has 0 fully saturated rings. The van der Waals surface area contributed by atoms with Crippen molar-refractivity contribution >= 4 is 23.5 Å². The first-order valence-electron chi connectivity index (χ1n) is 7.55. The molecule has 2 atom stereocenters. The molecule has 4 nitrogen and oxygen atoms in total. The van der Waals surface area contributed by atoms with Crippen molar-refractivity contribution in [3.8, 4) is 0 Å². The standard InChI is InChI=1S/C17H26N2O2S/c1-12(2)9-14(18)17(21)19-15(16(20)11-22-3)10-13-7-5-4-6-8-13/h4-8,12,14-15H,9-11,18H2,1-3H3,(H,19,21)/t14-,15-/m0/s1. The predicted molar refractivity (Wildman–Crippen MR) is 92.9 cm³/mol.